The first-order chi connectivity index (χ1) is 43.2. The highest BCUT2D eigenvalue weighted by Gasteiger charge is 2.65. The first kappa shape index (κ1) is 71.1. The number of sulfonamides is 1. The van der Waals surface area contributed by atoms with Crippen LogP contribution in [0.25, 0.3) is 0 Å². The molecule has 4 aromatic carbocycles. The SMILES string of the molecule is C.C=S1(=O)NC(=O)c2ccc3c(c2)N(C[C@@H]2CC[C@H]2[C@](C)(O)C[C@@H](NC)C[C@H](C)[C@H]1C)C[C@@]1(CCCc2cc(Cl)ccc21)CO3.C[C@@H]1[C@@H](C)C/C=C/[C@@](O)(C(F)(F)P(C)(C)=O)[C@@H]2CC[C@H]2CN2C[C@@]3(CCCc4cc(Cl)ccc43)COc3ccc(cc32)C(=O)NS1(=O)=O. The number of benzene rings is 4. The van der Waals surface area contributed by atoms with E-state index in [-0.39, 0.29) is 60.4 Å². The number of hydrogen-bond acceptors (Lipinski definition) is 13. The van der Waals surface area contributed by atoms with E-state index in [2.05, 4.69) is 44.6 Å². The molecule has 12 rings (SSSR count). The summed E-state index contributed by atoms with van der Waals surface area (Å²) in [5.41, 5.74) is -1.46. The predicted molar refractivity (Wildman–Crippen MR) is 372 cm³/mol. The molecule has 2 fully saturated rings. The molecule has 2 saturated carbocycles. The smallest absolute Gasteiger partial charge is 0.329 e. The standard InChI is InChI=1S/C35H44ClF2N2O6PS.C35H48ClN3O4S.CH4/c1-22-7-5-16-34(42,35(37,38)47(3,4)43)29-12-9-26(29)19-40-20-33(15-6-8-24-17-27(36)11-13-28(24)33)21-46-31-14-10-25(18-30(31)40)32(41)39-48(44,45)23(22)2;1-22-15-28(37-4)18-34(3,41)29-11-8-26(29)19-39-20-35(14-6-7-24-16-27(36)10-12-30(24)35)21-43-32-13-9-25(17-31(32)39)33(40)38-44(5,42)23(22)2;/h5,10-11,13-14,16-18,22-23,26,29,42H,6-9,12,15,19-21H2,1-4H3,(H,39,41);9-10,12-13,16-17,22-23,26,28-29,37,41H,5-8,11,14-15,18-21H2,1-4H3,(H,38,40,42);1H4/b16-5+;;/t22-,23+,26-,29+,33-,34-;22-,23+,26-,28-,29+,34+,35-,44?;/m00./s1. The van der Waals surface area contributed by atoms with Crippen LogP contribution >= 0.6 is 30.3 Å². The molecule has 2 spiro atoms. The summed E-state index contributed by atoms with van der Waals surface area (Å²) in [7, 11) is -9.35. The van der Waals surface area contributed by atoms with Crippen LogP contribution in [0.15, 0.2) is 84.9 Å². The average Bonchev–Trinajstić information content (AvgIpc) is 1.66. The zero-order valence-corrected chi connectivity index (χ0v) is 58.3. The molecular formula is C71H96Cl2F2N5O10PS2. The lowest BCUT2D eigenvalue weighted by Gasteiger charge is -2.51. The van der Waals surface area contributed by atoms with E-state index in [1.807, 2.05) is 62.2 Å². The molecule has 2 amide bonds. The van der Waals surface area contributed by atoms with Crippen molar-refractivity contribution < 1.29 is 55.2 Å². The maximum absolute atomic E-state index is 16.2. The Hall–Kier alpha value is -4.72. The summed E-state index contributed by atoms with van der Waals surface area (Å²) in [6, 6.07) is 22.5. The number of aliphatic hydroxyl groups is 2. The molecule has 8 aliphatic rings. The van der Waals surface area contributed by atoms with E-state index >= 15 is 8.78 Å². The highest BCUT2D eigenvalue weighted by Crippen LogP contribution is 2.64. The van der Waals surface area contributed by atoms with Gasteiger partial charge in [-0.2, -0.15) is 8.78 Å². The molecule has 4 aromatic rings. The van der Waals surface area contributed by atoms with Crippen LogP contribution in [0.2, 0.25) is 10.0 Å². The van der Waals surface area contributed by atoms with E-state index in [1.54, 1.807) is 25.1 Å². The van der Waals surface area contributed by atoms with Gasteiger partial charge in [-0.3, -0.25) is 14.3 Å². The first-order valence-electron chi connectivity index (χ1n) is 32.8. The van der Waals surface area contributed by atoms with Crippen LogP contribution in [0.5, 0.6) is 11.5 Å². The first-order valence-corrected chi connectivity index (χ1v) is 39.5. The van der Waals surface area contributed by atoms with Gasteiger partial charge in [-0.15, -0.1) is 0 Å². The summed E-state index contributed by atoms with van der Waals surface area (Å²) in [5.74, 6) is 2.63. The summed E-state index contributed by atoms with van der Waals surface area (Å²) >= 11 is 12.8. The van der Waals surface area contributed by atoms with Gasteiger partial charge < -0.3 is 39.4 Å². The van der Waals surface area contributed by atoms with Crippen LogP contribution < -0.4 is 34.0 Å². The maximum atomic E-state index is 16.2. The van der Waals surface area contributed by atoms with Crippen molar-refractivity contribution in [3.05, 3.63) is 128 Å². The van der Waals surface area contributed by atoms with E-state index in [4.69, 9.17) is 32.7 Å². The zero-order chi connectivity index (χ0) is 66.3. The molecule has 0 radical (unpaired) electrons. The molecule has 510 valence electrons. The number of ether oxygens (including phenoxy) is 2. The van der Waals surface area contributed by atoms with Crippen molar-refractivity contribution >= 4 is 79.1 Å². The molecule has 93 heavy (non-hydrogen) atoms. The number of rotatable bonds is 3. The molecule has 4 aliphatic heterocycles. The molecule has 14 atom stereocenters. The van der Waals surface area contributed by atoms with Crippen molar-refractivity contribution in [2.75, 3.05) is 69.6 Å². The van der Waals surface area contributed by atoms with Gasteiger partial charge in [0.05, 0.1) is 45.1 Å². The fourth-order valence-electron chi connectivity index (χ4n) is 16.4. The normalized spacial score (nSPS) is 34.8. The van der Waals surface area contributed by atoms with E-state index in [0.29, 0.717) is 67.0 Å². The number of carbonyl (C=O) groups excluding carboxylic acids is 2. The fraction of sp³-hybridized carbons (Fsp3) is 0.592. The minimum atomic E-state index is -4.17. The summed E-state index contributed by atoms with van der Waals surface area (Å²) < 4.78 is 104. The number of hydrogen-bond donors (Lipinski definition) is 5. The molecule has 0 aromatic heterocycles. The van der Waals surface area contributed by atoms with Crippen molar-refractivity contribution in [1.82, 2.24) is 14.8 Å². The fourth-order valence-corrected chi connectivity index (χ4v) is 20.7. The van der Waals surface area contributed by atoms with Gasteiger partial charge in [0.2, 0.25) is 10.0 Å². The number of aryl methyl sites for hydroxylation is 2. The van der Waals surface area contributed by atoms with Crippen LogP contribution in [-0.4, -0.2) is 134 Å². The Kier molecular flexibility index (Phi) is 20.3. The van der Waals surface area contributed by atoms with E-state index in [9.17, 15) is 37.0 Å². The van der Waals surface area contributed by atoms with Crippen molar-refractivity contribution in [3.63, 3.8) is 0 Å². The lowest BCUT2D eigenvalue weighted by Crippen LogP contribution is -2.59. The van der Waals surface area contributed by atoms with E-state index in [1.165, 1.54) is 30.2 Å². The molecule has 15 nitrogen and oxygen atoms in total. The van der Waals surface area contributed by atoms with E-state index in [0.717, 1.165) is 118 Å². The van der Waals surface area contributed by atoms with Gasteiger partial charge in [-0.25, -0.2) is 17.3 Å². The number of halogens is 4. The second kappa shape index (κ2) is 26.6. The van der Waals surface area contributed by atoms with Crippen molar-refractivity contribution in [2.24, 2.45) is 35.5 Å². The summed E-state index contributed by atoms with van der Waals surface area (Å²) in [5, 5.41) is 27.4. The Balaban J connectivity index is 0.000000202. The van der Waals surface area contributed by atoms with Gasteiger partial charge in [0.25, 0.3) is 11.8 Å². The summed E-state index contributed by atoms with van der Waals surface area (Å²) in [6.45, 7) is 14.1. The topological polar surface area (TPSA) is 204 Å². The third-order valence-electron chi connectivity index (χ3n) is 22.7. The lowest BCUT2D eigenvalue weighted by atomic mass is 9.63. The van der Waals surface area contributed by atoms with Crippen LogP contribution in [0.4, 0.5) is 20.2 Å². The zero-order valence-electron chi connectivity index (χ0n) is 54.3. The quantitative estimate of drug-likeness (QED) is 0.0737. The number of amides is 2. The number of fused-ring (bicyclic) bond motifs is 8. The molecular weight excluding hydrogens is 1290 g/mol. The van der Waals surface area contributed by atoms with Gasteiger partial charge >= 0.3 is 5.66 Å². The maximum Gasteiger partial charge on any atom is 0.329 e. The van der Waals surface area contributed by atoms with Gasteiger partial charge in [-0.1, -0.05) is 68.8 Å². The number of allylic oxidation sites excluding steroid dienone is 1. The minimum absolute atomic E-state index is 0. The monoisotopic (exact) mass is 1380 g/mol. The van der Waals surface area contributed by atoms with Crippen LogP contribution in [0.3, 0.4) is 0 Å². The Morgan fingerprint density at radius 1 is 0.720 bits per heavy atom. The molecule has 4 bridgehead atoms. The highest BCUT2D eigenvalue weighted by atomic mass is 35.5. The predicted octanol–water partition coefficient (Wildman–Crippen LogP) is 12.8. The van der Waals surface area contributed by atoms with Crippen LogP contribution in [0.1, 0.15) is 156 Å². The Morgan fingerprint density at radius 2 is 1.22 bits per heavy atom. The van der Waals surface area contributed by atoms with Crippen LogP contribution in [0, 0.1) is 35.5 Å². The molecule has 5 N–H and O–H groups in total. The molecule has 0 saturated heterocycles. The third-order valence-corrected chi connectivity index (χ3v) is 29.0. The van der Waals surface area contributed by atoms with Gasteiger partial charge in [0.15, 0.2) is 12.7 Å². The third kappa shape index (κ3) is 13.7. The number of nitrogens with zero attached hydrogens (tertiary/aromatic N) is 2. The molecule has 4 aliphatic carbocycles. The molecule has 4 heterocycles. The Morgan fingerprint density at radius 3 is 1.69 bits per heavy atom. The minimum Gasteiger partial charge on any atom is -0.490 e. The van der Waals surface area contributed by atoms with Gasteiger partial charge in [0.1, 0.15) is 11.5 Å². The Labute approximate surface area is 560 Å². The molecule has 22 heteroatoms. The van der Waals surface area contributed by atoms with Gasteiger partial charge in [-0.05, 0) is 243 Å². The second-order valence-corrected chi connectivity index (χ2v) is 37.7. The van der Waals surface area contributed by atoms with Crippen LogP contribution in [-0.2, 0) is 48.0 Å². The number of nitrogens with one attached hydrogen (secondary N) is 3. The average molecular weight is 1380 g/mol. The molecule has 1 unspecified atom stereocenters. The number of carbonyl (C=O) groups is 2. The van der Waals surface area contributed by atoms with Crippen molar-refractivity contribution in [2.45, 2.75) is 170 Å². The van der Waals surface area contributed by atoms with Crippen molar-refractivity contribution in [3.8, 4) is 11.5 Å². The summed E-state index contributed by atoms with van der Waals surface area (Å²) in [4.78, 5) is 31.5. The Bertz CT molecular complexity index is 3820. The largest absolute Gasteiger partial charge is 0.490 e. The lowest BCUT2D eigenvalue weighted by molar-refractivity contribution is -0.161. The van der Waals surface area contributed by atoms with E-state index < -0.39 is 78.1 Å². The number of anilines is 2. The summed E-state index contributed by atoms with van der Waals surface area (Å²) in [6.07, 6.45) is 12.3. The van der Waals surface area contributed by atoms with Crippen molar-refractivity contribution in [1.29, 1.82) is 0 Å². The number of alkyl halides is 2. The second-order valence-electron chi connectivity index (χ2n) is 29.1. The van der Waals surface area contributed by atoms with Gasteiger partial charge in [0, 0.05) is 75.4 Å². The highest BCUT2D eigenvalue weighted by molar-refractivity contribution is 7.99.